The number of nitrogens with two attached hydrogens (primary N) is 2. The maximum absolute atomic E-state index is 10.7. The summed E-state index contributed by atoms with van der Waals surface area (Å²) in [5, 5.41) is 0.481. The summed E-state index contributed by atoms with van der Waals surface area (Å²) < 4.78 is 64.0. The number of rotatable bonds is 2. The van der Waals surface area contributed by atoms with Crippen LogP contribution in [-0.4, -0.2) is 25.9 Å². The molecule has 152 valence electrons. The van der Waals surface area contributed by atoms with Crippen LogP contribution in [0.2, 0.25) is 10.0 Å². The van der Waals surface area contributed by atoms with Gasteiger partial charge in [-0.3, -0.25) is 0 Å². The minimum absolute atomic E-state index is 0. The first-order chi connectivity index (χ1) is 11.6. The van der Waals surface area contributed by atoms with Gasteiger partial charge in [-0.05, 0) is 49.2 Å². The predicted octanol–water partition coefficient (Wildman–Crippen LogP) is 2.27. The molecule has 0 bridgehead atoms. The van der Waals surface area contributed by atoms with Gasteiger partial charge in [0.15, 0.2) is 0 Å². The van der Waals surface area contributed by atoms with E-state index in [2.05, 4.69) is 0 Å². The first-order valence-electron chi connectivity index (χ1n) is 6.67. The van der Waals surface area contributed by atoms with Gasteiger partial charge in [0.05, 0.1) is 31.2 Å². The van der Waals surface area contributed by atoms with Crippen LogP contribution in [0.5, 0.6) is 0 Å². The Morgan fingerprint density at radius 3 is 1.22 bits per heavy atom. The first-order valence-corrected chi connectivity index (χ1v) is 10.2. The molecular formula is C14H14Cl2N2NiO6S2. The van der Waals surface area contributed by atoms with Crippen molar-refractivity contribution in [1.82, 2.24) is 0 Å². The minimum atomic E-state index is -4.46. The molecule has 0 atom stereocenters. The number of nitrogen functional groups attached to an aromatic ring is 2. The molecule has 2 aromatic rings. The van der Waals surface area contributed by atoms with Crippen molar-refractivity contribution in [1.29, 1.82) is 0 Å². The fraction of sp³-hybridized carbons (Fsp3) is 0.143. The van der Waals surface area contributed by atoms with Crippen molar-refractivity contribution in [3.63, 3.8) is 0 Å². The Bertz CT molecular complexity index is 974. The monoisotopic (exact) mass is 498 g/mol. The third kappa shape index (κ3) is 7.11. The van der Waals surface area contributed by atoms with E-state index in [4.69, 9.17) is 34.7 Å². The van der Waals surface area contributed by atoms with Crippen LogP contribution in [0.3, 0.4) is 0 Å². The maximum atomic E-state index is 10.7. The molecule has 0 radical (unpaired) electrons. The summed E-state index contributed by atoms with van der Waals surface area (Å²) in [5.74, 6) is 0. The van der Waals surface area contributed by atoms with Crippen molar-refractivity contribution >= 4 is 54.8 Å². The second-order valence-electron chi connectivity index (χ2n) is 5.19. The molecule has 0 aromatic heterocycles. The van der Waals surface area contributed by atoms with Crippen molar-refractivity contribution in [3.05, 3.63) is 45.4 Å². The summed E-state index contributed by atoms with van der Waals surface area (Å²) in [6.07, 6.45) is 0. The molecular weight excluding hydrogens is 486 g/mol. The maximum Gasteiger partial charge on any atom is 2.00 e. The SMILES string of the molecule is Cc1cc(Cl)c(N)cc1S(=O)(=O)[O-].Cc1cc(Cl)c(N)cc1S(=O)(=O)[O-].[Ni+2]. The van der Waals surface area contributed by atoms with Crippen LogP contribution in [-0.2, 0) is 36.7 Å². The molecule has 0 fully saturated rings. The van der Waals surface area contributed by atoms with E-state index < -0.39 is 20.2 Å². The molecule has 0 heterocycles. The molecule has 0 spiro atoms. The molecule has 8 nitrogen and oxygen atoms in total. The van der Waals surface area contributed by atoms with Crippen LogP contribution >= 0.6 is 23.2 Å². The quantitative estimate of drug-likeness (QED) is 0.360. The third-order valence-electron chi connectivity index (χ3n) is 3.13. The summed E-state index contributed by atoms with van der Waals surface area (Å²) in [4.78, 5) is -0.649. The number of anilines is 2. The van der Waals surface area contributed by atoms with Crippen LogP contribution < -0.4 is 11.5 Å². The molecule has 27 heavy (non-hydrogen) atoms. The summed E-state index contributed by atoms with van der Waals surface area (Å²) >= 11 is 11.2. The normalized spacial score (nSPS) is 11.2. The molecule has 0 amide bonds. The van der Waals surface area contributed by atoms with Gasteiger partial charge in [-0.2, -0.15) is 0 Å². The number of hydrogen-bond donors (Lipinski definition) is 2. The van der Waals surface area contributed by atoms with Crippen LogP contribution in [0.1, 0.15) is 11.1 Å². The fourth-order valence-electron chi connectivity index (χ4n) is 1.88. The zero-order chi connectivity index (χ0) is 20.4. The summed E-state index contributed by atoms with van der Waals surface area (Å²) in [5.41, 5.74) is 11.5. The van der Waals surface area contributed by atoms with Gasteiger partial charge in [0.25, 0.3) is 0 Å². The Morgan fingerprint density at radius 1 is 0.741 bits per heavy atom. The van der Waals surface area contributed by atoms with E-state index in [1.54, 1.807) is 0 Å². The van der Waals surface area contributed by atoms with Gasteiger partial charge in [-0.1, -0.05) is 23.2 Å². The van der Waals surface area contributed by atoms with Gasteiger partial charge in [0.1, 0.15) is 20.2 Å². The van der Waals surface area contributed by atoms with Gasteiger partial charge < -0.3 is 20.6 Å². The van der Waals surface area contributed by atoms with E-state index in [0.717, 1.165) is 12.1 Å². The minimum Gasteiger partial charge on any atom is -0.744 e. The Morgan fingerprint density at radius 2 is 1.00 bits per heavy atom. The molecule has 13 heteroatoms. The van der Waals surface area contributed by atoms with Crippen LogP contribution in [0.4, 0.5) is 11.4 Å². The Balaban J connectivity index is 0.000000483. The van der Waals surface area contributed by atoms with E-state index in [0.29, 0.717) is 11.1 Å². The molecule has 2 rings (SSSR count). The predicted molar refractivity (Wildman–Crippen MR) is 97.1 cm³/mol. The molecule has 4 N–H and O–H groups in total. The number of hydrogen-bond acceptors (Lipinski definition) is 8. The number of halogens is 2. The zero-order valence-corrected chi connectivity index (χ0v) is 17.9. The van der Waals surface area contributed by atoms with Gasteiger partial charge >= 0.3 is 16.5 Å². The molecule has 0 unspecified atom stereocenters. The van der Waals surface area contributed by atoms with Crippen LogP contribution in [0, 0.1) is 13.8 Å². The van der Waals surface area contributed by atoms with Gasteiger partial charge in [-0.25, -0.2) is 16.8 Å². The summed E-state index contributed by atoms with van der Waals surface area (Å²) in [6.45, 7) is 2.96. The van der Waals surface area contributed by atoms with Crippen LogP contribution in [0.15, 0.2) is 34.1 Å². The Kier molecular flexibility index (Phi) is 9.05. The topological polar surface area (TPSA) is 166 Å². The first kappa shape index (κ1) is 25.9. The number of benzene rings is 2. The van der Waals surface area contributed by atoms with E-state index in [9.17, 15) is 25.9 Å². The Labute approximate surface area is 177 Å². The molecule has 0 saturated heterocycles. The van der Waals surface area contributed by atoms with E-state index in [1.807, 2.05) is 0 Å². The van der Waals surface area contributed by atoms with Gasteiger partial charge in [-0.15, -0.1) is 0 Å². The summed E-state index contributed by atoms with van der Waals surface area (Å²) in [6, 6.07) is 4.84. The standard InChI is InChI=1S/2C7H8ClNO3S.Ni/c2*1-4-2-5(8)6(9)3-7(4)13(10,11)12;/h2*2-3H,9H2,1H3,(H,10,11,12);/q;;+2/p-2. The molecule has 0 aliphatic heterocycles. The van der Waals surface area contributed by atoms with Crippen molar-refractivity contribution in [3.8, 4) is 0 Å². The van der Waals surface area contributed by atoms with Crippen molar-refractivity contribution in [2.24, 2.45) is 0 Å². The molecule has 2 aromatic carbocycles. The van der Waals surface area contributed by atoms with E-state index in [-0.39, 0.29) is 47.7 Å². The smallest absolute Gasteiger partial charge is 0.744 e. The fourth-order valence-corrected chi connectivity index (χ4v) is 3.76. The largest absolute Gasteiger partial charge is 2.00 e. The van der Waals surface area contributed by atoms with E-state index in [1.165, 1.54) is 26.0 Å². The molecule has 0 saturated carbocycles. The van der Waals surface area contributed by atoms with Crippen molar-refractivity contribution < 1.29 is 42.4 Å². The Hall–Kier alpha value is -1.07. The number of aryl methyl sites for hydroxylation is 2. The van der Waals surface area contributed by atoms with Crippen molar-refractivity contribution in [2.45, 2.75) is 23.6 Å². The van der Waals surface area contributed by atoms with Crippen molar-refractivity contribution in [2.75, 3.05) is 11.5 Å². The second kappa shape index (κ2) is 9.42. The van der Waals surface area contributed by atoms with Crippen LogP contribution in [0.25, 0.3) is 0 Å². The zero-order valence-electron chi connectivity index (χ0n) is 13.8. The molecule has 0 aliphatic rings. The third-order valence-corrected chi connectivity index (χ3v) is 5.74. The molecule has 0 aliphatic carbocycles. The van der Waals surface area contributed by atoms with E-state index >= 15 is 0 Å². The van der Waals surface area contributed by atoms with Gasteiger partial charge in [0, 0.05) is 0 Å². The second-order valence-corrected chi connectivity index (χ2v) is 8.70. The van der Waals surface area contributed by atoms with Gasteiger partial charge in [0.2, 0.25) is 0 Å². The average molecular weight is 500 g/mol. The summed E-state index contributed by atoms with van der Waals surface area (Å²) in [7, 11) is -8.92. The average Bonchev–Trinajstić information content (AvgIpc) is 2.45.